The summed E-state index contributed by atoms with van der Waals surface area (Å²) in [7, 11) is 0. The van der Waals surface area contributed by atoms with Crippen LogP contribution in [0.2, 0.25) is 0 Å². The SMILES string of the molecule is NCC1CCCC1N1CCSCC1. The van der Waals surface area contributed by atoms with Crippen molar-refractivity contribution < 1.29 is 0 Å². The van der Waals surface area contributed by atoms with Gasteiger partial charge in [0.25, 0.3) is 0 Å². The highest BCUT2D eigenvalue weighted by Gasteiger charge is 2.31. The van der Waals surface area contributed by atoms with E-state index in [2.05, 4.69) is 16.7 Å². The molecular formula is C10H20N2S. The van der Waals surface area contributed by atoms with Crippen molar-refractivity contribution >= 4 is 11.8 Å². The van der Waals surface area contributed by atoms with Crippen LogP contribution in [0.1, 0.15) is 19.3 Å². The predicted octanol–water partition coefficient (Wildman–Crippen LogP) is 1.16. The molecule has 2 rings (SSSR count). The van der Waals surface area contributed by atoms with Gasteiger partial charge in [0, 0.05) is 30.6 Å². The third kappa shape index (κ3) is 2.20. The summed E-state index contributed by atoms with van der Waals surface area (Å²) in [5, 5.41) is 0. The molecule has 76 valence electrons. The molecule has 1 heterocycles. The van der Waals surface area contributed by atoms with E-state index in [1.165, 1.54) is 43.9 Å². The highest BCUT2D eigenvalue weighted by atomic mass is 32.2. The molecule has 1 aliphatic heterocycles. The molecule has 0 aromatic heterocycles. The summed E-state index contributed by atoms with van der Waals surface area (Å²) in [5.74, 6) is 3.45. The minimum atomic E-state index is 0.795. The molecule has 2 fully saturated rings. The van der Waals surface area contributed by atoms with Crippen molar-refractivity contribution in [2.75, 3.05) is 31.1 Å². The standard InChI is InChI=1S/C10H20N2S/c11-8-9-2-1-3-10(9)12-4-6-13-7-5-12/h9-10H,1-8,11H2. The van der Waals surface area contributed by atoms with Crippen LogP contribution < -0.4 is 5.73 Å². The number of nitrogens with two attached hydrogens (primary N) is 1. The molecule has 3 heteroatoms. The van der Waals surface area contributed by atoms with Crippen molar-refractivity contribution in [2.45, 2.75) is 25.3 Å². The Morgan fingerprint density at radius 3 is 2.69 bits per heavy atom. The first kappa shape index (κ1) is 9.81. The summed E-state index contributed by atoms with van der Waals surface area (Å²) >= 11 is 2.09. The van der Waals surface area contributed by atoms with Crippen LogP contribution in [0.4, 0.5) is 0 Å². The van der Waals surface area contributed by atoms with Gasteiger partial charge in [-0.25, -0.2) is 0 Å². The zero-order chi connectivity index (χ0) is 9.10. The minimum absolute atomic E-state index is 0.795. The first-order chi connectivity index (χ1) is 6.42. The third-order valence-electron chi connectivity index (χ3n) is 3.44. The van der Waals surface area contributed by atoms with Crippen molar-refractivity contribution in [3.8, 4) is 0 Å². The van der Waals surface area contributed by atoms with E-state index >= 15 is 0 Å². The molecule has 0 bridgehead atoms. The summed E-state index contributed by atoms with van der Waals surface area (Å²) in [5.41, 5.74) is 5.80. The average molecular weight is 200 g/mol. The number of nitrogens with zero attached hydrogens (tertiary/aromatic N) is 1. The quantitative estimate of drug-likeness (QED) is 0.725. The fourth-order valence-electron chi connectivity index (χ4n) is 2.68. The van der Waals surface area contributed by atoms with Crippen molar-refractivity contribution in [1.29, 1.82) is 0 Å². The fourth-order valence-corrected chi connectivity index (χ4v) is 3.61. The molecule has 0 aromatic rings. The fraction of sp³-hybridized carbons (Fsp3) is 1.00. The van der Waals surface area contributed by atoms with Gasteiger partial charge in [-0.15, -0.1) is 0 Å². The van der Waals surface area contributed by atoms with Gasteiger partial charge in [0.1, 0.15) is 0 Å². The van der Waals surface area contributed by atoms with Crippen LogP contribution in [-0.4, -0.2) is 42.1 Å². The summed E-state index contributed by atoms with van der Waals surface area (Å²) in [6.45, 7) is 3.49. The van der Waals surface area contributed by atoms with Gasteiger partial charge in [-0.3, -0.25) is 4.90 Å². The Morgan fingerprint density at radius 1 is 1.23 bits per heavy atom. The monoisotopic (exact) mass is 200 g/mol. The first-order valence-corrected chi connectivity index (χ1v) is 6.59. The molecule has 2 N–H and O–H groups in total. The van der Waals surface area contributed by atoms with Gasteiger partial charge < -0.3 is 5.73 Å². The van der Waals surface area contributed by atoms with Gasteiger partial charge in [-0.1, -0.05) is 6.42 Å². The second-order valence-electron chi connectivity index (χ2n) is 4.14. The highest BCUT2D eigenvalue weighted by Crippen LogP contribution is 2.30. The summed E-state index contributed by atoms with van der Waals surface area (Å²) in [6, 6.07) is 0.825. The van der Waals surface area contributed by atoms with E-state index < -0.39 is 0 Å². The summed E-state index contributed by atoms with van der Waals surface area (Å²) in [4.78, 5) is 2.68. The maximum absolute atomic E-state index is 5.80. The Labute approximate surface area is 85.2 Å². The predicted molar refractivity (Wildman–Crippen MR) is 59.1 cm³/mol. The number of hydrogen-bond acceptors (Lipinski definition) is 3. The maximum Gasteiger partial charge on any atom is 0.0136 e. The van der Waals surface area contributed by atoms with Crippen molar-refractivity contribution in [2.24, 2.45) is 11.7 Å². The van der Waals surface area contributed by atoms with Crippen LogP contribution in [0.25, 0.3) is 0 Å². The topological polar surface area (TPSA) is 29.3 Å². The molecule has 0 radical (unpaired) electrons. The lowest BCUT2D eigenvalue weighted by atomic mass is 10.0. The van der Waals surface area contributed by atoms with E-state index in [0.717, 1.165) is 18.5 Å². The third-order valence-corrected chi connectivity index (χ3v) is 4.38. The zero-order valence-corrected chi connectivity index (χ0v) is 9.06. The lowest BCUT2D eigenvalue weighted by Gasteiger charge is -2.35. The summed E-state index contributed by atoms with van der Waals surface area (Å²) < 4.78 is 0. The smallest absolute Gasteiger partial charge is 0.0136 e. The number of thioether (sulfide) groups is 1. The molecule has 2 nitrogen and oxygen atoms in total. The molecule has 2 aliphatic rings. The second-order valence-corrected chi connectivity index (χ2v) is 5.37. The minimum Gasteiger partial charge on any atom is -0.330 e. The normalized spacial score (nSPS) is 36.7. The Hall–Kier alpha value is 0.270. The van der Waals surface area contributed by atoms with Crippen LogP contribution in [0.3, 0.4) is 0 Å². The van der Waals surface area contributed by atoms with Gasteiger partial charge >= 0.3 is 0 Å². The van der Waals surface area contributed by atoms with Gasteiger partial charge in [0.05, 0.1) is 0 Å². The summed E-state index contributed by atoms with van der Waals surface area (Å²) in [6.07, 6.45) is 4.16. The molecule has 2 unspecified atom stereocenters. The van der Waals surface area contributed by atoms with Crippen LogP contribution in [0.5, 0.6) is 0 Å². The Morgan fingerprint density at radius 2 is 2.00 bits per heavy atom. The largest absolute Gasteiger partial charge is 0.330 e. The molecule has 0 aromatic carbocycles. The van der Waals surface area contributed by atoms with Gasteiger partial charge in [0.2, 0.25) is 0 Å². The van der Waals surface area contributed by atoms with E-state index in [4.69, 9.17) is 5.73 Å². The van der Waals surface area contributed by atoms with E-state index in [0.29, 0.717) is 0 Å². The van der Waals surface area contributed by atoms with Gasteiger partial charge in [0.15, 0.2) is 0 Å². The van der Waals surface area contributed by atoms with E-state index in [1.54, 1.807) is 0 Å². The molecule has 13 heavy (non-hydrogen) atoms. The Kier molecular flexibility index (Phi) is 3.52. The number of hydrogen-bond donors (Lipinski definition) is 1. The molecule has 0 amide bonds. The first-order valence-electron chi connectivity index (χ1n) is 5.43. The lowest BCUT2D eigenvalue weighted by molar-refractivity contribution is 0.178. The molecular weight excluding hydrogens is 180 g/mol. The van der Waals surface area contributed by atoms with Crippen LogP contribution in [-0.2, 0) is 0 Å². The van der Waals surface area contributed by atoms with Crippen molar-refractivity contribution in [1.82, 2.24) is 4.90 Å². The van der Waals surface area contributed by atoms with E-state index in [1.807, 2.05) is 0 Å². The molecule has 1 saturated carbocycles. The molecule has 2 atom stereocenters. The van der Waals surface area contributed by atoms with Crippen molar-refractivity contribution in [3.05, 3.63) is 0 Å². The molecule has 1 aliphatic carbocycles. The van der Waals surface area contributed by atoms with E-state index in [-0.39, 0.29) is 0 Å². The van der Waals surface area contributed by atoms with E-state index in [9.17, 15) is 0 Å². The molecule has 1 saturated heterocycles. The van der Waals surface area contributed by atoms with Gasteiger partial charge in [-0.05, 0) is 25.3 Å². The number of rotatable bonds is 2. The van der Waals surface area contributed by atoms with Crippen LogP contribution in [0.15, 0.2) is 0 Å². The average Bonchev–Trinajstić information content (AvgIpc) is 2.67. The van der Waals surface area contributed by atoms with Crippen LogP contribution >= 0.6 is 11.8 Å². The Bertz CT molecular complexity index is 157. The molecule has 0 spiro atoms. The second kappa shape index (κ2) is 4.67. The highest BCUT2D eigenvalue weighted by molar-refractivity contribution is 7.99. The Balaban J connectivity index is 1.90. The van der Waals surface area contributed by atoms with Gasteiger partial charge in [-0.2, -0.15) is 11.8 Å². The zero-order valence-electron chi connectivity index (χ0n) is 8.24. The maximum atomic E-state index is 5.80. The lowest BCUT2D eigenvalue weighted by Crippen LogP contribution is -2.44. The van der Waals surface area contributed by atoms with Crippen molar-refractivity contribution in [3.63, 3.8) is 0 Å². The van der Waals surface area contributed by atoms with Crippen LogP contribution in [0, 0.1) is 5.92 Å².